The van der Waals surface area contributed by atoms with Crippen LogP contribution in [-0.2, 0) is 14.3 Å². The first-order chi connectivity index (χ1) is 15.9. The van der Waals surface area contributed by atoms with Gasteiger partial charge in [0.25, 0.3) is 11.8 Å². The van der Waals surface area contributed by atoms with Gasteiger partial charge in [-0.05, 0) is 60.7 Å². The van der Waals surface area contributed by atoms with Gasteiger partial charge in [0.1, 0.15) is 18.0 Å². The molecule has 2 amide bonds. The van der Waals surface area contributed by atoms with Crippen LogP contribution in [0.25, 0.3) is 0 Å². The van der Waals surface area contributed by atoms with Gasteiger partial charge in [0.2, 0.25) is 0 Å². The molecule has 2 N–H and O–H groups in total. The third-order valence-electron chi connectivity index (χ3n) is 4.52. The molecule has 0 heterocycles. The summed E-state index contributed by atoms with van der Waals surface area (Å²) in [5.74, 6) is -0.359. The topological polar surface area (TPSA) is 97.0 Å². The molecule has 0 fully saturated rings. The molecule has 170 valence electrons. The Labute approximate surface area is 192 Å². The van der Waals surface area contributed by atoms with E-state index < -0.39 is 24.4 Å². The summed E-state index contributed by atoms with van der Waals surface area (Å²) in [7, 11) is 3.84. The average Bonchev–Trinajstić information content (AvgIpc) is 2.82. The van der Waals surface area contributed by atoms with Gasteiger partial charge < -0.3 is 25.0 Å². The molecule has 0 bridgehead atoms. The van der Waals surface area contributed by atoms with Crippen LogP contribution in [0, 0.1) is 0 Å². The monoisotopic (exact) mass is 447 g/mol. The summed E-state index contributed by atoms with van der Waals surface area (Å²) in [6.45, 7) is -0.804. The Morgan fingerprint density at radius 3 is 2.09 bits per heavy atom. The van der Waals surface area contributed by atoms with E-state index >= 15 is 0 Å². The highest BCUT2D eigenvalue weighted by molar-refractivity contribution is 5.96. The van der Waals surface area contributed by atoms with Gasteiger partial charge in [-0.2, -0.15) is 0 Å². The van der Waals surface area contributed by atoms with Crippen LogP contribution in [0.2, 0.25) is 0 Å². The summed E-state index contributed by atoms with van der Waals surface area (Å²) in [5, 5.41) is 5.11. The Morgan fingerprint density at radius 1 is 0.818 bits per heavy atom. The summed E-state index contributed by atoms with van der Waals surface area (Å²) < 4.78 is 10.6. The van der Waals surface area contributed by atoms with Crippen molar-refractivity contribution in [3.63, 3.8) is 0 Å². The van der Waals surface area contributed by atoms with E-state index in [0.717, 1.165) is 5.69 Å². The Balaban J connectivity index is 1.39. The van der Waals surface area contributed by atoms with E-state index in [1.54, 1.807) is 36.4 Å². The minimum Gasteiger partial charge on any atom is -0.457 e. The SMILES string of the molecule is CN(C)c1ccc(NC(=O)COC(=O)CNC(=O)c2ccc(Oc3ccccc3)cc2)cc1. The molecule has 0 aliphatic carbocycles. The minimum absolute atomic E-state index is 0.355. The van der Waals surface area contributed by atoms with Crippen molar-refractivity contribution in [1.82, 2.24) is 5.32 Å². The van der Waals surface area contributed by atoms with Crippen LogP contribution in [0.4, 0.5) is 11.4 Å². The molecule has 33 heavy (non-hydrogen) atoms. The second-order valence-corrected chi connectivity index (χ2v) is 7.27. The molecule has 3 aromatic carbocycles. The zero-order chi connectivity index (χ0) is 23.6. The van der Waals surface area contributed by atoms with Crippen LogP contribution < -0.4 is 20.3 Å². The number of hydrogen-bond acceptors (Lipinski definition) is 6. The highest BCUT2D eigenvalue weighted by Crippen LogP contribution is 2.21. The molecule has 0 saturated heterocycles. The molecule has 0 saturated carbocycles. The Bertz CT molecular complexity index is 1080. The standard InChI is InChI=1S/C25H25N3O5/c1-28(2)20-12-10-19(11-13-20)27-23(29)17-32-24(30)16-26-25(31)18-8-14-22(15-9-18)33-21-6-4-3-5-7-21/h3-15H,16-17H2,1-2H3,(H,26,31)(H,27,29). The molecule has 0 aromatic heterocycles. The van der Waals surface area contributed by atoms with Gasteiger partial charge in [0, 0.05) is 31.0 Å². The lowest BCUT2D eigenvalue weighted by molar-refractivity contribution is -0.146. The van der Waals surface area contributed by atoms with Gasteiger partial charge in [-0.3, -0.25) is 14.4 Å². The first-order valence-electron chi connectivity index (χ1n) is 10.2. The van der Waals surface area contributed by atoms with Crippen LogP contribution in [0.3, 0.4) is 0 Å². The maximum Gasteiger partial charge on any atom is 0.325 e. The number of amides is 2. The van der Waals surface area contributed by atoms with Gasteiger partial charge in [0.15, 0.2) is 6.61 Å². The molecule has 0 aliphatic rings. The van der Waals surface area contributed by atoms with Crippen molar-refractivity contribution >= 4 is 29.2 Å². The van der Waals surface area contributed by atoms with E-state index in [1.165, 1.54) is 0 Å². The summed E-state index contributed by atoms with van der Waals surface area (Å²) in [5.41, 5.74) is 1.95. The van der Waals surface area contributed by atoms with Gasteiger partial charge in [-0.1, -0.05) is 18.2 Å². The summed E-state index contributed by atoms with van der Waals surface area (Å²) in [4.78, 5) is 38.0. The van der Waals surface area contributed by atoms with Crippen molar-refractivity contribution in [3.05, 3.63) is 84.4 Å². The highest BCUT2D eigenvalue weighted by atomic mass is 16.5. The van der Waals surface area contributed by atoms with Crippen molar-refractivity contribution in [3.8, 4) is 11.5 Å². The number of carbonyl (C=O) groups excluding carboxylic acids is 3. The number of benzene rings is 3. The van der Waals surface area contributed by atoms with E-state index in [-0.39, 0.29) is 6.54 Å². The lowest BCUT2D eigenvalue weighted by Gasteiger charge is -2.13. The second-order valence-electron chi connectivity index (χ2n) is 7.27. The molecule has 8 nitrogen and oxygen atoms in total. The van der Waals surface area contributed by atoms with Crippen molar-refractivity contribution in [2.75, 3.05) is 37.5 Å². The molecule has 0 atom stereocenters. The first kappa shape index (κ1) is 23.3. The van der Waals surface area contributed by atoms with E-state index in [9.17, 15) is 14.4 Å². The molecule has 0 spiro atoms. The number of para-hydroxylation sites is 1. The van der Waals surface area contributed by atoms with Crippen LogP contribution in [0.15, 0.2) is 78.9 Å². The zero-order valence-corrected chi connectivity index (χ0v) is 18.4. The van der Waals surface area contributed by atoms with Gasteiger partial charge in [-0.15, -0.1) is 0 Å². The van der Waals surface area contributed by atoms with Crippen molar-refractivity contribution in [1.29, 1.82) is 0 Å². The Kier molecular flexibility index (Phi) is 8.02. The Morgan fingerprint density at radius 2 is 1.45 bits per heavy atom. The molecule has 3 aromatic rings. The third-order valence-corrected chi connectivity index (χ3v) is 4.52. The van der Waals surface area contributed by atoms with Crippen molar-refractivity contribution in [2.24, 2.45) is 0 Å². The lowest BCUT2D eigenvalue weighted by atomic mass is 10.2. The smallest absolute Gasteiger partial charge is 0.325 e. The summed E-state index contributed by atoms with van der Waals surface area (Å²) >= 11 is 0. The number of nitrogens with one attached hydrogen (secondary N) is 2. The van der Waals surface area contributed by atoms with Crippen LogP contribution >= 0.6 is 0 Å². The predicted molar refractivity (Wildman–Crippen MR) is 126 cm³/mol. The summed E-state index contributed by atoms with van der Waals surface area (Å²) in [6, 6.07) is 23.0. The number of rotatable bonds is 9. The minimum atomic E-state index is -0.717. The normalized spacial score (nSPS) is 10.1. The van der Waals surface area contributed by atoms with Crippen molar-refractivity contribution in [2.45, 2.75) is 0 Å². The molecule has 0 radical (unpaired) electrons. The number of nitrogens with zero attached hydrogens (tertiary/aromatic N) is 1. The number of ether oxygens (including phenoxy) is 2. The van der Waals surface area contributed by atoms with E-state index in [4.69, 9.17) is 9.47 Å². The third kappa shape index (κ3) is 7.39. The average molecular weight is 447 g/mol. The van der Waals surface area contributed by atoms with Gasteiger partial charge in [-0.25, -0.2) is 0 Å². The van der Waals surface area contributed by atoms with Gasteiger partial charge >= 0.3 is 5.97 Å². The predicted octanol–water partition coefficient (Wildman–Crippen LogP) is 3.46. The highest BCUT2D eigenvalue weighted by Gasteiger charge is 2.11. The van der Waals surface area contributed by atoms with Crippen molar-refractivity contribution < 1.29 is 23.9 Å². The van der Waals surface area contributed by atoms with Crippen LogP contribution in [0.5, 0.6) is 11.5 Å². The van der Waals surface area contributed by atoms with Crippen LogP contribution in [-0.4, -0.2) is 45.0 Å². The van der Waals surface area contributed by atoms with Crippen LogP contribution in [0.1, 0.15) is 10.4 Å². The number of anilines is 2. The maximum absolute atomic E-state index is 12.2. The molecule has 0 unspecified atom stereocenters. The van der Waals surface area contributed by atoms with E-state index in [2.05, 4.69) is 10.6 Å². The molecule has 8 heteroatoms. The van der Waals surface area contributed by atoms with E-state index in [0.29, 0.717) is 22.7 Å². The lowest BCUT2D eigenvalue weighted by Crippen LogP contribution is -2.32. The first-order valence-corrected chi connectivity index (χ1v) is 10.2. The van der Waals surface area contributed by atoms with E-state index in [1.807, 2.05) is 61.5 Å². The zero-order valence-electron chi connectivity index (χ0n) is 18.4. The molecule has 0 aliphatic heterocycles. The fourth-order valence-electron chi connectivity index (χ4n) is 2.79. The summed E-state index contributed by atoms with van der Waals surface area (Å²) in [6.07, 6.45) is 0. The fraction of sp³-hybridized carbons (Fsp3) is 0.160. The molecular weight excluding hydrogens is 422 g/mol. The largest absolute Gasteiger partial charge is 0.457 e. The number of hydrogen-bond donors (Lipinski definition) is 2. The fourth-order valence-corrected chi connectivity index (χ4v) is 2.79. The maximum atomic E-state index is 12.2. The Hall–Kier alpha value is -4.33. The molecular formula is C25H25N3O5. The molecule has 3 rings (SSSR count). The quantitative estimate of drug-likeness (QED) is 0.488. The second kappa shape index (κ2) is 11.3. The van der Waals surface area contributed by atoms with Gasteiger partial charge in [0.05, 0.1) is 0 Å². The number of esters is 1. The number of carbonyl (C=O) groups is 3.